The van der Waals surface area contributed by atoms with E-state index in [9.17, 15) is 19.2 Å². The van der Waals surface area contributed by atoms with Crippen LogP contribution in [0.2, 0.25) is 0 Å². The molecule has 4 amide bonds. The van der Waals surface area contributed by atoms with Crippen LogP contribution in [0.25, 0.3) is 33.1 Å². The van der Waals surface area contributed by atoms with Gasteiger partial charge in [0, 0.05) is 103 Å². The zero-order chi connectivity index (χ0) is 44.2. The van der Waals surface area contributed by atoms with Crippen molar-refractivity contribution in [1.29, 1.82) is 0 Å². The summed E-state index contributed by atoms with van der Waals surface area (Å²) < 4.78 is 7.44. The number of anilines is 3. The van der Waals surface area contributed by atoms with Crippen molar-refractivity contribution in [3.8, 4) is 11.1 Å². The number of nitrogens with zero attached hydrogens (tertiary/aromatic N) is 7. The van der Waals surface area contributed by atoms with Gasteiger partial charge >= 0.3 is 0 Å². The van der Waals surface area contributed by atoms with E-state index in [1.165, 1.54) is 0 Å². The number of aromatic amines is 2. The third-order valence-corrected chi connectivity index (χ3v) is 12.5. The fourth-order valence-corrected chi connectivity index (χ4v) is 9.04. The highest BCUT2D eigenvalue weighted by Gasteiger charge is 2.40. The number of imidazole rings is 1. The standard InChI is InChI=1S/C46H49N13O5/c1-5-59-37(20-33(56-59)26-11-12-26)52-42-40-30-18-23(2)29(39-24(3)57-64-25(39)4)19-34(30)51-41(40)54-43(55-42)45(62)48-17-15-27-21-49-36(50-27)10-7-16-47-32-9-6-8-28-31(32)22-58(46(28)63)35-13-14-38(60)53-44(35)61/h6,8-9,18-21,26,35,47H,5,7,10-17,22H2,1-4H3,(H,48,62)(H,49,50)(H,53,60,61)(H2,51,52,54,55). The average molecular weight is 864 g/mol. The highest BCUT2D eigenvalue weighted by molar-refractivity contribution is 6.13. The van der Waals surface area contributed by atoms with Gasteiger partial charge < -0.3 is 35.3 Å². The monoisotopic (exact) mass is 863 g/mol. The lowest BCUT2D eigenvalue weighted by Gasteiger charge is -2.29. The fourth-order valence-electron chi connectivity index (χ4n) is 9.04. The third kappa shape index (κ3) is 7.62. The lowest BCUT2D eigenvalue weighted by Crippen LogP contribution is -2.52. The Morgan fingerprint density at radius 3 is 2.62 bits per heavy atom. The topological polar surface area (TPSA) is 234 Å². The predicted molar refractivity (Wildman–Crippen MR) is 238 cm³/mol. The van der Waals surface area contributed by atoms with Crippen LogP contribution in [-0.2, 0) is 35.5 Å². The Morgan fingerprint density at radius 2 is 1.84 bits per heavy atom. The largest absolute Gasteiger partial charge is 0.385 e. The van der Waals surface area contributed by atoms with Crippen molar-refractivity contribution in [1.82, 2.24) is 55.4 Å². The number of imide groups is 1. The van der Waals surface area contributed by atoms with Crippen LogP contribution in [0.3, 0.4) is 0 Å². The molecule has 10 rings (SSSR count). The molecular formula is C46H49N13O5. The van der Waals surface area contributed by atoms with Crippen molar-refractivity contribution in [2.45, 2.75) is 97.7 Å². The number of amides is 4. The Labute approximate surface area is 367 Å². The average Bonchev–Trinajstić information content (AvgIpc) is 3.52. The number of carbonyl (C=O) groups excluding carboxylic acids is 4. The number of aryl methyl sites for hydroxylation is 5. The summed E-state index contributed by atoms with van der Waals surface area (Å²) in [5.41, 5.74) is 9.39. The molecule has 64 heavy (non-hydrogen) atoms. The minimum absolute atomic E-state index is 0.0316. The number of benzene rings is 2. The van der Waals surface area contributed by atoms with E-state index in [1.807, 2.05) is 30.7 Å². The zero-order valence-electron chi connectivity index (χ0n) is 36.1. The van der Waals surface area contributed by atoms with Gasteiger partial charge in [0.2, 0.25) is 17.6 Å². The number of aromatic nitrogens is 8. The van der Waals surface area contributed by atoms with Crippen molar-refractivity contribution in [3.05, 3.63) is 93.8 Å². The summed E-state index contributed by atoms with van der Waals surface area (Å²) >= 11 is 0. The van der Waals surface area contributed by atoms with Gasteiger partial charge in [0.25, 0.3) is 11.8 Å². The van der Waals surface area contributed by atoms with Crippen molar-refractivity contribution < 1.29 is 23.7 Å². The molecule has 6 N–H and O–H groups in total. The van der Waals surface area contributed by atoms with E-state index in [4.69, 9.17) is 19.6 Å². The molecule has 0 bridgehead atoms. The number of H-pyrrole nitrogens is 2. The lowest BCUT2D eigenvalue weighted by molar-refractivity contribution is -0.136. The number of piperidine rings is 1. The molecule has 7 heterocycles. The van der Waals surface area contributed by atoms with Crippen LogP contribution in [0, 0.1) is 20.8 Å². The van der Waals surface area contributed by atoms with Gasteiger partial charge in [0.1, 0.15) is 34.9 Å². The number of nitrogens with one attached hydrogen (secondary N) is 6. The van der Waals surface area contributed by atoms with Gasteiger partial charge in [-0.1, -0.05) is 11.2 Å². The summed E-state index contributed by atoms with van der Waals surface area (Å²) in [6.45, 7) is 9.90. The Morgan fingerprint density at radius 1 is 0.984 bits per heavy atom. The maximum Gasteiger partial charge on any atom is 0.289 e. The number of fused-ring (bicyclic) bond motifs is 4. The molecule has 18 nitrogen and oxygen atoms in total. The molecule has 328 valence electrons. The van der Waals surface area contributed by atoms with Gasteiger partial charge in [-0.3, -0.25) is 24.5 Å². The smallest absolute Gasteiger partial charge is 0.289 e. The molecule has 5 aromatic heterocycles. The molecule has 3 aliphatic rings. The van der Waals surface area contributed by atoms with Crippen LogP contribution in [0.1, 0.15) is 106 Å². The maximum atomic E-state index is 13.8. The third-order valence-electron chi connectivity index (χ3n) is 12.5. The van der Waals surface area contributed by atoms with E-state index in [0.717, 1.165) is 98.0 Å². The van der Waals surface area contributed by atoms with Gasteiger partial charge in [0.05, 0.1) is 16.8 Å². The molecule has 2 fully saturated rings. The first-order valence-corrected chi connectivity index (χ1v) is 22.0. The molecule has 2 aromatic carbocycles. The molecule has 0 radical (unpaired) electrons. The van der Waals surface area contributed by atoms with Gasteiger partial charge in [-0.05, 0) is 88.8 Å². The van der Waals surface area contributed by atoms with E-state index in [2.05, 4.69) is 73.4 Å². The van der Waals surface area contributed by atoms with Gasteiger partial charge in [-0.2, -0.15) is 5.10 Å². The molecule has 1 saturated carbocycles. The fraction of sp³-hybridized carbons (Fsp3) is 0.370. The summed E-state index contributed by atoms with van der Waals surface area (Å²) in [6.07, 6.45) is 6.56. The normalized spacial score (nSPS) is 16.2. The zero-order valence-corrected chi connectivity index (χ0v) is 36.1. The van der Waals surface area contributed by atoms with E-state index < -0.39 is 17.9 Å². The maximum absolute atomic E-state index is 13.8. The summed E-state index contributed by atoms with van der Waals surface area (Å²) in [7, 11) is 0. The summed E-state index contributed by atoms with van der Waals surface area (Å²) in [5, 5.41) is 23.1. The van der Waals surface area contributed by atoms with E-state index >= 15 is 0 Å². The molecule has 18 heteroatoms. The van der Waals surface area contributed by atoms with Crippen LogP contribution in [0.15, 0.2) is 47.1 Å². The van der Waals surface area contributed by atoms with Crippen molar-refractivity contribution >= 4 is 62.9 Å². The predicted octanol–water partition coefficient (Wildman–Crippen LogP) is 6.03. The number of hydrogen-bond donors (Lipinski definition) is 6. The molecule has 0 spiro atoms. The van der Waals surface area contributed by atoms with Crippen molar-refractivity contribution in [2.24, 2.45) is 0 Å². The summed E-state index contributed by atoms with van der Waals surface area (Å²) in [4.78, 5) is 73.8. The first kappa shape index (κ1) is 40.7. The molecule has 7 aromatic rings. The lowest BCUT2D eigenvalue weighted by atomic mass is 9.97. The number of rotatable bonds is 15. The second-order valence-corrected chi connectivity index (χ2v) is 16.9. The summed E-state index contributed by atoms with van der Waals surface area (Å²) in [6, 6.07) is 11.2. The molecule has 1 atom stereocenters. The Hall–Kier alpha value is -7.37. The molecular weight excluding hydrogens is 815 g/mol. The summed E-state index contributed by atoms with van der Waals surface area (Å²) in [5.74, 6) is 2.05. The molecule has 1 saturated heterocycles. The van der Waals surface area contributed by atoms with E-state index in [1.54, 1.807) is 17.2 Å². The van der Waals surface area contributed by atoms with Crippen LogP contribution in [0.5, 0.6) is 0 Å². The van der Waals surface area contributed by atoms with Crippen LogP contribution >= 0.6 is 0 Å². The first-order valence-electron chi connectivity index (χ1n) is 22.0. The van der Waals surface area contributed by atoms with Gasteiger partial charge in [-0.25, -0.2) is 19.6 Å². The highest BCUT2D eigenvalue weighted by Crippen LogP contribution is 2.42. The van der Waals surface area contributed by atoms with Gasteiger partial charge in [-0.15, -0.1) is 0 Å². The highest BCUT2D eigenvalue weighted by atomic mass is 16.5. The second kappa shape index (κ2) is 16.4. The van der Waals surface area contributed by atoms with Crippen molar-refractivity contribution in [2.75, 3.05) is 23.7 Å². The SMILES string of the molecule is CCn1nc(C2CC2)cc1Nc1nc(C(=O)NCCc2cnc(CCCNc3cccc4c3CN(C3CCC(=O)NC3=O)C4=O)[nH]2)nc2[nH]c3cc(-c4c(C)noc4C)c(C)cc3c12. The second-order valence-electron chi connectivity index (χ2n) is 16.9. The van der Waals surface area contributed by atoms with E-state index in [0.29, 0.717) is 68.4 Å². The van der Waals surface area contributed by atoms with Crippen LogP contribution in [0.4, 0.5) is 17.3 Å². The first-order chi connectivity index (χ1) is 31.0. The molecule has 1 aliphatic carbocycles. The van der Waals surface area contributed by atoms with Crippen LogP contribution in [-0.4, -0.2) is 87.5 Å². The molecule has 1 unspecified atom stereocenters. The Kier molecular flexibility index (Phi) is 10.4. The number of carbonyl (C=O) groups is 4. The van der Waals surface area contributed by atoms with Gasteiger partial charge in [0.15, 0.2) is 0 Å². The minimum atomic E-state index is -0.659. The van der Waals surface area contributed by atoms with Crippen molar-refractivity contribution in [3.63, 3.8) is 0 Å². The minimum Gasteiger partial charge on any atom is -0.385 e. The molecule has 2 aliphatic heterocycles. The van der Waals surface area contributed by atoms with E-state index in [-0.39, 0.29) is 24.1 Å². The Balaban J connectivity index is 0.800. The Bertz CT molecular complexity index is 2990. The quantitative estimate of drug-likeness (QED) is 0.0512. The number of hydrogen-bond acceptors (Lipinski definition) is 12. The van der Waals surface area contributed by atoms with Crippen LogP contribution < -0.4 is 21.3 Å².